The van der Waals surface area contributed by atoms with Crippen molar-refractivity contribution in [1.29, 1.82) is 0 Å². The summed E-state index contributed by atoms with van der Waals surface area (Å²) in [4.78, 5) is 0.338. The Morgan fingerprint density at radius 3 is 2.55 bits per heavy atom. The quantitative estimate of drug-likeness (QED) is 0.811. The standard InChI is InChI=1S/C14H18BrNO3S/c15-13-9-12(20(17,18)16-7-1-2-8-16)5-6-14(13)19-10-11-3-4-11/h5-6,9,11H,1-4,7-8,10H2. The molecule has 1 saturated carbocycles. The molecule has 0 atom stereocenters. The molecule has 2 fully saturated rings. The van der Waals surface area contributed by atoms with Crippen molar-refractivity contribution in [3.05, 3.63) is 22.7 Å². The van der Waals surface area contributed by atoms with Crippen molar-refractivity contribution < 1.29 is 13.2 Å². The van der Waals surface area contributed by atoms with Crippen molar-refractivity contribution in [2.24, 2.45) is 5.92 Å². The molecule has 20 heavy (non-hydrogen) atoms. The van der Waals surface area contributed by atoms with Gasteiger partial charge in [-0.3, -0.25) is 0 Å². The van der Waals surface area contributed by atoms with Gasteiger partial charge in [-0.05, 0) is 65.7 Å². The van der Waals surface area contributed by atoms with E-state index in [1.54, 1.807) is 22.5 Å². The summed E-state index contributed by atoms with van der Waals surface area (Å²) in [6, 6.07) is 5.03. The molecule has 1 aliphatic carbocycles. The summed E-state index contributed by atoms with van der Waals surface area (Å²) >= 11 is 3.41. The van der Waals surface area contributed by atoms with Gasteiger partial charge < -0.3 is 4.74 Å². The molecule has 2 aliphatic rings. The number of rotatable bonds is 5. The molecular weight excluding hydrogens is 342 g/mol. The summed E-state index contributed by atoms with van der Waals surface area (Å²) in [7, 11) is -3.35. The van der Waals surface area contributed by atoms with Crippen LogP contribution in [0.25, 0.3) is 0 Å². The Labute approximate surface area is 128 Å². The summed E-state index contributed by atoms with van der Waals surface area (Å²) in [6.07, 6.45) is 4.37. The molecule has 0 spiro atoms. The lowest BCUT2D eigenvalue weighted by atomic mass is 10.3. The maximum atomic E-state index is 12.4. The number of benzene rings is 1. The van der Waals surface area contributed by atoms with Gasteiger partial charge in [-0.1, -0.05) is 0 Å². The van der Waals surface area contributed by atoms with Gasteiger partial charge in [0.1, 0.15) is 5.75 Å². The van der Waals surface area contributed by atoms with E-state index in [0.29, 0.717) is 28.4 Å². The predicted octanol–water partition coefficient (Wildman–Crippen LogP) is 3.02. The Bertz CT molecular complexity index is 592. The monoisotopic (exact) mass is 359 g/mol. The third-order valence-electron chi connectivity index (χ3n) is 3.78. The highest BCUT2D eigenvalue weighted by Gasteiger charge is 2.28. The van der Waals surface area contributed by atoms with E-state index in [-0.39, 0.29) is 0 Å². The molecule has 1 saturated heterocycles. The van der Waals surface area contributed by atoms with E-state index < -0.39 is 10.0 Å². The number of halogens is 1. The minimum Gasteiger partial charge on any atom is -0.492 e. The van der Waals surface area contributed by atoms with Gasteiger partial charge in [-0.2, -0.15) is 4.31 Å². The molecule has 0 N–H and O–H groups in total. The van der Waals surface area contributed by atoms with Crippen molar-refractivity contribution in [2.45, 2.75) is 30.6 Å². The normalized spacial score (nSPS) is 20.2. The van der Waals surface area contributed by atoms with E-state index in [0.717, 1.165) is 25.2 Å². The van der Waals surface area contributed by atoms with Gasteiger partial charge in [-0.25, -0.2) is 8.42 Å². The van der Waals surface area contributed by atoms with E-state index in [9.17, 15) is 8.42 Å². The Balaban J connectivity index is 1.78. The van der Waals surface area contributed by atoms with Gasteiger partial charge in [0.05, 0.1) is 16.0 Å². The van der Waals surface area contributed by atoms with Gasteiger partial charge in [-0.15, -0.1) is 0 Å². The van der Waals surface area contributed by atoms with Crippen LogP contribution < -0.4 is 4.74 Å². The van der Waals surface area contributed by atoms with Crippen LogP contribution in [0.1, 0.15) is 25.7 Å². The van der Waals surface area contributed by atoms with Crippen LogP contribution in [-0.4, -0.2) is 32.4 Å². The zero-order chi connectivity index (χ0) is 14.2. The van der Waals surface area contributed by atoms with Gasteiger partial charge >= 0.3 is 0 Å². The summed E-state index contributed by atoms with van der Waals surface area (Å²) in [5, 5.41) is 0. The second-order valence-corrected chi connectivity index (χ2v) is 8.25. The molecule has 1 aromatic rings. The number of hydrogen-bond donors (Lipinski definition) is 0. The number of nitrogens with zero attached hydrogens (tertiary/aromatic N) is 1. The molecular formula is C14H18BrNO3S. The zero-order valence-corrected chi connectivity index (χ0v) is 13.6. The fraction of sp³-hybridized carbons (Fsp3) is 0.571. The van der Waals surface area contributed by atoms with Crippen molar-refractivity contribution in [1.82, 2.24) is 4.31 Å². The maximum Gasteiger partial charge on any atom is 0.243 e. The lowest BCUT2D eigenvalue weighted by molar-refractivity contribution is 0.297. The summed E-state index contributed by atoms with van der Waals surface area (Å²) < 4.78 is 32.8. The third kappa shape index (κ3) is 3.02. The molecule has 1 aliphatic heterocycles. The van der Waals surface area contributed by atoms with Crippen LogP contribution in [0.4, 0.5) is 0 Å². The average Bonchev–Trinajstić information content (AvgIpc) is 3.07. The van der Waals surface area contributed by atoms with Crippen LogP contribution >= 0.6 is 15.9 Å². The molecule has 0 aromatic heterocycles. The van der Waals surface area contributed by atoms with Crippen LogP contribution in [0.15, 0.2) is 27.6 Å². The van der Waals surface area contributed by atoms with Crippen LogP contribution in [-0.2, 0) is 10.0 Å². The van der Waals surface area contributed by atoms with Crippen molar-refractivity contribution in [2.75, 3.05) is 19.7 Å². The van der Waals surface area contributed by atoms with Gasteiger partial charge in [0.15, 0.2) is 0 Å². The van der Waals surface area contributed by atoms with Crippen molar-refractivity contribution in [3.8, 4) is 5.75 Å². The Morgan fingerprint density at radius 1 is 1.25 bits per heavy atom. The highest BCUT2D eigenvalue weighted by atomic mass is 79.9. The van der Waals surface area contributed by atoms with Gasteiger partial charge in [0.25, 0.3) is 0 Å². The van der Waals surface area contributed by atoms with Crippen LogP contribution in [0.3, 0.4) is 0 Å². The zero-order valence-electron chi connectivity index (χ0n) is 11.2. The smallest absolute Gasteiger partial charge is 0.243 e. The summed E-state index contributed by atoms with van der Waals surface area (Å²) in [5.74, 6) is 1.40. The lowest BCUT2D eigenvalue weighted by Crippen LogP contribution is -2.27. The summed E-state index contributed by atoms with van der Waals surface area (Å²) in [6.45, 7) is 1.97. The topological polar surface area (TPSA) is 46.6 Å². The Morgan fingerprint density at radius 2 is 1.95 bits per heavy atom. The first-order valence-corrected chi connectivity index (χ1v) is 9.23. The fourth-order valence-electron chi connectivity index (χ4n) is 2.33. The molecule has 1 aromatic carbocycles. The molecule has 0 bridgehead atoms. The lowest BCUT2D eigenvalue weighted by Gasteiger charge is -2.16. The van der Waals surface area contributed by atoms with E-state index in [1.807, 2.05) is 0 Å². The molecule has 3 rings (SSSR count). The third-order valence-corrected chi connectivity index (χ3v) is 6.29. The van der Waals surface area contributed by atoms with E-state index in [4.69, 9.17) is 4.74 Å². The Hall–Kier alpha value is -0.590. The number of hydrogen-bond acceptors (Lipinski definition) is 3. The van der Waals surface area contributed by atoms with E-state index in [2.05, 4.69) is 15.9 Å². The minimum atomic E-state index is -3.35. The van der Waals surface area contributed by atoms with Crippen LogP contribution in [0.2, 0.25) is 0 Å². The molecule has 0 unspecified atom stereocenters. The SMILES string of the molecule is O=S(=O)(c1ccc(OCC2CC2)c(Br)c1)N1CCCC1. The maximum absolute atomic E-state index is 12.4. The highest BCUT2D eigenvalue weighted by Crippen LogP contribution is 2.33. The first kappa shape index (κ1) is 14.4. The highest BCUT2D eigenvalue weighted by molar-refractivity contribution is 9.10. The van der Waals surface area contributed by atoms with E-state index in [1.165, 1.54) is 12.8 Å². The van der Waals surface area contributed by atoms with Gasteiger partial charge in [0, 0.05) is 13.1 Å². The van der Waals surface area contributed by atoms with E-state index >= 15 is 0 Å². The number of ether oxygens (including phenoxy) is 1. The first-order valence-electron chi connectivity index (χ1n) is 7.00. The molecule has 110 valence electrons. The largest absolute Gasteiger partial charge is 0.492 e. The molecule has 4 nitrogen and oxygen atoms in total. The minimum absolute atomic E-state index is 0.338. The molecule has 0 amide bonds. The van der Waals surface area contributed by atoms with Crippen molar-refractivity contribution >= 4 is 26.0 Å². The van der Waals surface area contributed by atoms with Crippen LogP contribution in [0, 0.1) is 5.92 Å². The second-order valence-electron chi connectivity index (χ2n) is 5.46. The number of sulfonamides is 1. The van der Waals surface area contributed by atoms with Crippen molar-refractivity contribution in [3.63, 3.8) is 0 Å². The average molecular weight is 360 g/mol. The molecule has 6 heteroatoms. The molecule has 0 radical (unpaired) electrons. The second kappa shape index (κ2) is 5.66. The fourth-order valence-corrected chi connectivity index (χ4v) is 4.52. The Kier molecular flexibility index (Phi) is 4.06. The van der Waals surface area contributed by atoms with Gasteiger partial charge in [0.2, 0.25) is 10.0 Å². The predicted molar refractivity (Wildman–Crippen MR) is 80.4 cm³/mol. The summed E-state index contributed by atoms with van der Waals surface area (Å²) in [5.41, 5.74) is 0. The van der Waals surface area contributed by atoms with Crippen LogP contribution in [0.5, 0.6) is 5.75 Å². The molecule has 1 heterocycles. The first-order chi connectivity index (χ1) is 9.57.